The van der Waals surface area contributed by atoms with Crippen molar-refractivity contribution in [3.63, 3.8) is 0 Å². The van der Waals surface area contributed by atoms with Crippen LogP contribution in [0.3, 0.4) is 0 Å². The molecular formula is C9H16N4S. The van der Waals surface area contributed by atoms with Crippen molar-refractivity contribution in [1.82, 2.24) is 15.5 Å². The summed E-state index contributed by atoms with van der Waals surface area (Å²) in [5, 5.41) is 13.7. The SMILES string of the molecule is Cc1nnc(N(C)C2CCCNC2)s1. The van der Waals surface area contributed by atoms with Gasteiger partial charge < -0.3 is 10.2 Å². The van der Waals surface area contributed by atoms with E-state index in [0.717, 1.165) is 23.2 Å². The second-order valence-corrected chi connectivity index (χ2v) is 4.87. The molecule has 0 bridgehead atoms. The third-order valence-corrected chi connectivity index (χ3v) is 3.56. The molecule has 1 unspecified atom stereocenters. The van der Waals surface area contributed by atoms with Crippen LogP contribution in [0.4, 0.5) is 5.13 Å². The lowest BCUT2D eigenvalue weighted by molar-refractivity contribution is 0.444. The van der Waals surface area contributed by atoms with Crippen LogP contribution in [0.25, 0.3) is 0 Å². The van der Waals surface area contributed by atoms with Crippen LogP contribution in [0.15, 0.2) is 0 Å². The molecule has 4 nitrogen and oxygen atoms in total. The summed E-state index contributed by atoms with van der Waals surface area (Å²) in [5.41, 5.74) is 0. The predicted octanol–water partition coefficient (Wildman–Crippen LogP) is 1.03. The normalized spacial score (nSPS) is 22.3. The third kappa shape index (κ3) is 2.04. The maximum Gasteiger partial charge on any atom is 0.208 e. The van der Waals surface area contributed by atoms with Gasteiger partial charge in [-0.2, -0.15) is 0 Å². The van der Waals surface area contributed by atoms with E-state index in [0.29, 0.717) is 6.04 Å². The van der Waals surface area contributed by atoms with Crippen molar-refractivity contribution < 1.29 is 0 Å². The van der Waals surface area contributed by atoms with E-state index in [-0.39, 0.29) is 0 Å². The van der Waals surface area contributed by atoms with Gasteiger partial charge in [0.05, 0.1) is 0 Å². The molecular weight excluding hydrogens is 196 g/mol. The number of piperidine rings is 1. The highest BCUT2D eigenvalue weighted by Gasteiger charge is 2.20. The van der Waals surface area contributed by atoms with Gasteiger partial charge in [0.15, 0.2) is 0 Å². The average Bonchev–Trinajstić information content (AvgIpc) is 2.65. The number of hydrogen-bond donors (Lipinski definition) is 1. The smallest absolute Gasteiger partial charge is 0.208 e. The van der Waals surface area contributed by atoms with Gasteiger partial charge in [-0.05, 0) is 26.3 Å². The van der Waals surface area contributed by atoms with Crippen molar-refractivity contribution >= 4 is 16.5 Å². The first-order valence-electron chi connectivity index (χ1n) is 5.01. The molecule has 1 fully saturated rings. The summed E-state index contributed by atoms with van der Waals surface area (Å²) in [4.78, 5) is 2.25. The van der Waals surface area contributed by atoms with Crippen molar-refractivity contribution in [3.05, 3.63) is 5.01 Å². The Hall–Kier alpha value is -0.680. The quantitative estimate of drug-likeness (QED) is 0.795. The third-order valence-electron chi connectivity index (χ3n) is 2.64. The van der Waals surface area contributed by atoms with Crippen LogP contribution in [-0.2, 0) is 0 Å². The largest absolute Gasteiger partial charge is 0.345 e. The molecule has 5 heteroatoms. The van der Waals surface area contributed by atoms with Gasteiger partial charge in [-0.25, -0.2) is 0 Å². The topological polar surface area (TPSA) is 41.1 Å². The lowest BCUT2D eigenvalue weighted by Gasteiger charge is -2.30. The number of nitrogens with zero attached hydrogens (tertiary/aromatic N) is 3. The molecule has 2 heterocycles. The van der Waals surface area contributed by atoms with E-state index in [1.54, 1.807) is 11.3 Å². The van der Waals surface area contributed by atoms with E-state index in [9.17, 15) is 0 Å². The molecule has 1 aliphatic heterocycles. The van der Waals surface area contributed by atoms with Gasteiger partial charge in [-0.3, -0.25) is 0 Å². The maximum atomic E-state index is 4.16. The second-order valence-electron chi connectivity index (χ2n) is 3.71. The van der Waals surface area contributed by atoms with Gasteiger partial charge in [-0.15, -0.1) is 10.2 Å². The number of rotatable bonds is 2. The minimum absolute atomic E-state index is 0.580. The minimum Gasteiger partial charge on any atom is -0.345 e. The van der Waals surface area contributed by atoms with Crippen molar-refractivity contribution in [3.8, 4) is 0 Å². The Morgan fingerprint density at radius 3 is 2.93 bits per heavy atom. The molecule has 0 radical (unpaired) electrons. The zero-order chi connectivity index (χ0) is 9.97. The van der Waals surface area contributed by atoms with Gasteiger partial charge in [0.25, 0.3) is 0 Å². The Labute approximate surface area is 88.3 Å². The minimum atomic E-state index is 0.580. The molecule has 0 aromatic carbocycles. The van der Waals surface area contributed by atoms with Gasteiger partial charge in [0, 0.05) is 19.6 Å². The molecule has 1 atom stereocenters. The summed E-state index contributed by atoms with van der Waals surface area (Å²) in [7, 11) is 2.11. The van der Waals surface area contributed by atoms with E-state index >= 15 is 0 Å². The standard InChI is InChI=1S/C9H16N4S/c1-7-11-12-9(14-7)13(2)8-4-3-5-10-6-8/h8,10H,3-6H2,1-2H3. The lowest BCUT2D eigenvalue weighted by atomic mass is 10.1. The summed E-state index contributed by atoms with van der Waals surface area (Å²) in [6.07, 6.45) is 2.51. The summed E-state index contributed by atoms with van der Waals surface area (Å²) >= 11 is 1.67. The predicted molar refractivity (Wildman–Crippen MR) is 58.9 cm³/mol. The fraction of sp³-hybridized carbons (Fsp3) is 0.778. The maximum absolute atomic E-state index is 4.16. The summed E-state index contributed by atoms with van der Waals surface area (Å²) in [6, 6.07) is 0.580. The van der Waals surface area contributed by atoms with E-state index < -0.39 is 0 Å². The van der Waals surface area contributed by atoms with Crippen LogP contribution in [0.5, 0.6) is 0 Å². The first kappa shape index (κ1) is 9.86. The van der Waals surface area contributed by atoms with Crippen LogP contribution < -0.4 is 10.2 Å². The zero-order valence-electron chi connectivity index (χ0n) is 8.66. The Morgan fingerprint density at radius 1 is 1.50 bits per heavy atom. The van der Waals surface area contributed by atoms with Crippen molar-refractivity contribution in [2.75, 3.05) is 25.0 Å². The zero-order valence-corrected chi connectivity index (χ0v) is 9.47. The van der Waals surface area contributed by atoms with E-state index in [1.807, 2.05) is 6.92 Å². The summed E-state index contributed by atoms with van der Waals surface area (Å²) in [6.45, 7) is 4.21. The van der Waals surface area contributed by atoms with Gasteiger partial charge in [0.1, 0.15) is 5.01 Å². The molecule has 1 N–H and O–H groups in total. The molecule has 14 heavy (non-hydrogen) atoms. The number of anilines is 1. The monoisotopic (exact) mass is 212 g/mol. The molecule has 78 valence electrons. The molecule has 1 saturated heterocycles. The number of hydrogen-bond acceptors (Lipinski definition) is 5. The van der Waals surface area contributed by atoms with Gasteiger partial charge >= 0.3 is 0 Å². The molecule has 1 aromatic rings. The second kappa shape index (κ2) is 4.23. The molecule has 0 aliphatic carbocycles. The molecule has 1 aliphatic rings. The fourth-order valence-corrected chi connectivity index (χ4v) is 2.47. The molecule has 1 aromatic heterocycles. The number of aryl methyl sites for hydroxylation is 1. The lowest BCUT2D eigenvalue weighted by Crippen LogP contribution is -2.44. The van der Waals surface area contributed by atoms with Crippen molar-refractivity contribution in [1.29, 1.82) is 0 Å². The highest BCUT2D eigenvalue weighted by atomic mass is 32.1. The summed E-state index contributed by atoms with van der Waals surface area (Å²) < 4.78 is 0. The van der Waals surface area contributed by atoms with Crippen LogP contribution in [0.1, 0.15) is 17.8 Å². The van der Waals surface area contributed by atoms with Gasteiger partial charge in [0.2, 0.25) is 5.13 Å². The molecule has 2 rings (SSSR count). The molecule has 0 saturated carbocycles. The van der Waals surface area contributed by atoms with Crippen molar-refractivity contribution in [2.45, 2.75) is 25.8 Å². The van der Waals surface area contributed by atoms with E-state index in [1.165, 1.54) is 12.8 Å². The Morgan fingerprint density at radius 2 is 2.36 bits per heavy atom. The fourth-order valence-electron chi connectivity index (χ4n) is 1.75. The van der Waals surface area contributed by atoms with Gasteiger partial charge in [-0.1, -0.05) is 11.3 Å². The Bertz CT molecular complexity index is 293. The first-order chi connectivity index (χ1) is 6.77. The Kier molecular flexibility index (Phi) is 2.98. The van der Waals surface area contributed by atoms with E-state index in [4.69, 9.17) is 0 Å². The summed E-state index contributed by atoms with van der Waals surface area (Å²) in [5.74, 6) is 0. The highest BCUT2D eigenvalue weighted by Crippen LogP contribution is 2.22. The number of nitrogens with one attached hydrogen (secondary N) is 1. The van der Waals surface area contributed by atoms with Crippen LogP contribution in [-0.4, -0.2) is 36.4 Å². The average molecular weight is 212 g/mol. The Balaban J connectivity index is 2.03. The highest BCUT2D eigenvalue weighted by molar-refractivity contribution is 7.15. The van der Waals surface area contributed by atoms with Crippen molar-refractivity contribution in [2.24, 2.45) is 0 Å². The van der Waals surface area contributed by atoms with Crippen LogP contribution >= 0.6 is 11.3 Å². The molecule has 0 spiro atoms. The van der Waals surface area contributed by atoms with E-state index in [2.05, 4.69) is 27.5 Å². The van der Waals surface area contributed by atoms with Crippen LogP contribution in [0, 0.1) is 6.92 Å². The first-order valence-corrected chi connectivity index (χ1v) is 5.82. The number of likely N-dealkylation sites (N-methyl/N-ethyl adjacent to an activating group) is 1. The van der Waals surface area contributed by atoms with Crippen LogP contribution in [0.2, 0.25) is 0 Å². The molecule has 0 amide bonds. The number of aromatic nitrogens is 2.